The maximum Gasteiger partial charge on any atom is 0.0844 e. The van der Waals surface area contributed by atoms with E-state index in [9.17, 15) is 5.11 Å². The molecule has 2 aromatic carbocycles. The third-order valence-corrected chi connectivity index (χ3v) is 5.15. The molecule has 1 unspecified atom stereocenters. The number of hydrogen-bond acceptors (Lipinski definition) is 2. The van der Waals surface area contributed by atoms with Crippen molar-refractivity contribution in [3.63, 3.8) is 0 Å². The van der Waals surface area contributed by atoms with E-state index in [1.165, 1.54) is 4.70 Å². The highest BCUT2D eigenvalue weighted by Crippen LogP contribution is 2.34. The second kappa shape index (κ2) is 5.74. The average Bonchev–Trinajstić information content (AvgIpc) is 2.88. The summed E-state index contributed by atoms with van der Waals surface area (Å²) in [7, 11) is 0. The fourth-order valence-corrected chi connectivity index (χ4v) is 3.69. The molecule has 1 heterocycles. The first-order chi connectivity index (χ1) is 9.66. The topological polar surface area (TPSA) is 20.2 Å². The zero-order valence-corrected chi connectivity index (χ0v) is 12.8. The van der Waals surface area contributed by atoms with E-state index >= 15 is 0 Å². The fourth-order valence-electron chi connectivity index (χ4n) is 2.28. The van der Waals surface area contributed by atoms with Gasteiger partial charge in [0, 0.05) is 11.1 Å². The van der Waals surface area contributed by atoms with E-state index in [-0.39, 0.29) is 0 Å². The van der Waals surface area contributed by atoms with E-state index in [0.717, 1.165) is 16.5 Å². The highest BCUT2D eigenvalue weighted by atomic mass is 35.5. The Labute approximate surface area is 131 Å². The number of halogens is 2. The van der Waals surface area contributed by atoms with Gasteiger partial charge in [0.25, 0.3) is 0 Å². The second-order valence-electron chi connectivity index (χ2n) is 4.62. The van der Waals surface area contributed by atoms with Crippen molar-refractivity contribution < 1.29 is 5.11 Å². The van der Waals surface area contributed by atoms with Crippen molar-refractivity contribution in [2.75, 3.05) is 0 Å². The first kappa shape index (κ1) is 13.9. The lowest BCUT2D eigenvalue weighted by atomic mass is 10.0. The Kier molecular flexibility index (Phi) is 3.99. The number of fused-ring (bicyclic) bond motifs is 1. The van der Waals surface area contributed by atoms with Crippen LogP contribution in [0, 0.1) is 0 Å². The van der Waals surface area contributed by atoms with Crippen LogP contribution in [0.4, 0.5) is 0 Å². The number of benzene rings is 2. The molecule has 1 atom stereocenters. The van der Waals surface area contributed by atoms with Crippen molar-refractivity contribution in [1.29, 1.82) is 0 Å². The first-order valence-corrected chi connectivity index (χ1v) is 7.87. The van der Waals surface area contributed by atoms with Crippen molar-refractivity contribution in [1.82, 2.24) is 0 Å². The summed E-state index contributed by atoms with van der Waals surface area (Å²) >= 11 is 13.8. The van der Waals surface area contributed by atoms with Crippen LogP contribution in [-0.4, -0.2) is 5.11 Å². The minimum atomic E-state index is -0.581. The Hall–Kier alpha value is -1.06. The van der Waals surface area contributed by atoms with Gasteiger partial charge in [-0.05, 0) is 34.0 Å². The van der Waals surface area contributed by atoms with Crippen LogP contribution in [0.15, 0.2) is 47.8 Å². The third-order valence-electron chi connectivity index (χ3n) is 3.31. The van der Waals surface area contributed by atoms with E-state index < -0.39 is 6.10 Å². The lowest BCUT2D eigenvalue weighted by Gasteiger charge is -2.12. The number of rotatable bonds is 3. The van der Waals surface area contributed by atoms with Gasteiger partial charge in [-0.25, -0.2) is 0 Å². The number of hydrogen-bond donors (Lipinski definition) is 1. The number of thiophene rings is 1. The summed E-state index contributed by atoms with van der Waals surface area (Å²) in [5, 5.41) is 14.6. The molecule has 4 heteroatoms. The van der Waals surface area contributed by atoms with Gasteiger partial charge in [-0.1, -0.05) is 53.5 Å². The molecule has 0 fully saturated rings. The van der Waals surface area contributed by atoms with Crippen LogP contribution in [0.25, 0.3) is 10.1 Å². The van der Waals surface area contributed by atoms with E-state index in [4.69, 9.17) is 23.2 Å². The van der Waals surface area contributed by atoms with Gasteiger partial charge in [0.15, 0.2) is 0 Å². The zero-order valence-electron chi connectivity index (χ0n) is 10.5. The van der Waals surface area contributed by atoms with Gasteiger partial charge in [0.2, 0.25) is 0 Å². The molecule has 0 radical (unpaired) electrons. The van der Waals surface area contributed by atoms with E-state index in [2.05, 4.69) is 6.07 Å². The molecule has 1 N–H and O–H groups in total. The summed E-state index contributed by atoms with van der Waals surface area (Å²) < 4.78 is 1.18. The van der Waals surface area contributed by atoms with E-state index in [1.54, 1.807) is 17.4 Å². The molecule has 1 nitrogen and oxygen atoms in total. The van der Waals surface area contributed by atoms with Gasteiger partial charge in [0.1, 0.15) is 0 Å². The standard InChI is InChI=1S/C16H12Cl2OS/c17-13-6-3-4-10(16(13)18)8-14(19)12-9-20-15-7-2-1-5-11(12)15/h1-7,9,14,19H,8H2. The highest BCUT2D eigenvalue weighted by molar-refractivity contribution is 7.17. The first-order valence-electron chi connectivity index (χ1n) is 6.24. The number of aliphatic hydroxyl groups is 1. The van der Waals surface area contributed by atoms with Crippen molar-refractivity contribution >= 4 is 44.6 Å². The minimum Gasteiger partial charge on any atom is -0.388 e. The fraction of sp³-hybridized carbons (Fsp3) is 0.125. The van der Waals surface area contributed by atoms with Crippen LogP contribution in [0.1, 0.15) is 17.2 Å². The van der Waals surface area contributed by atoms with E-state index in [0.29, 0.717) is 16.5 Å². The van der Waals surface area contributed by atoms with Gasteiger partial charge in [-0.2, -0.15) is 0 Å². The largest absolute Gasteiger partial charge is 0.388 e. The zero-order chi connectivity index (χ0) is 14.1. The molecule has 3 aromatic rings. The van der Waals surface area contributed by atoms with Crippen molar-refractivity contribution in [2.24, 2.45) is 0 Å². The highest BCUT2D eigenvalue weighted by Gasteiger charge is 2.15. The monoisotopic (exact) mass is 322 g/mol. The maximum absolute atomic E-state index is 10.5. The molecule has 3 rings (SSSR count). The predicted molar refractivity (Wildman–Crippen MR) is 87.0 cm³/mol. The van der Waals surface area contributed by atoms with Gasteiger partial charge >= 0.3 is 0 Å². The molecule has 1 aromatic heterocycles. The maximum atomic E-state index is 10.5. The Morgan fingerprint density at radius 3 is 2.70 bits per heavy atom. The number of aliphatic hydroxyl groups excluding tert-OH is 1. The molecule has 102 valence electrons. The van der Waals surface area contributed by atoms with Crippen molar-refractivity contribution in [3.05, 3.63) is 69.0 Å². The third kappa shape index (κ3) is 2.57. The Morgan fingerprint density at radius 2 is 1.85 bits per heavy atom. The Bertz CT molecular complexity index is 751. The summed E-state index contributed by atoms with van der Waals surface area (Å²) in [6.07, 6.45) is -0.123. The van der Waals surface area contributed by atoms with Crippen molar-refractivity contribution in [2.45, 2.75) is 12.5 Å². The van der Waals surface area contributed by atoms with Crippen molar-refractivity contribution in [3.8, 4) is 0 Å². The van der Waals surface area contributed by atoms with Crippen LogP contribution in [0.5, 0.6) is 0 Å². The van der Waals surface area contributed by atoms with Crippen LogP contribution < -0.4 is 0 Å². The molecule has 0 bridgehead atoms. The molecule has 0 amide bonds. The smallest absolute Gasteiger partial charge is 0.0844 e. The van der Waals surface area contributed by atoms with Gasteiger partial charge in [0.05, 0.1) is 16.1 Å². The molecule has 0 aliphatic carbocycles. The molecule has 0 saturated carbocycles. The predicted octanol–water partition coefficient (Wildman–Crippen LogP) is 5.48. The SMILES string of the molecule is OC(Cc1cccc(Cl)c1Cl)c1csc2ccccc12. The molecule has 0 aliphatic rings. The minimum absolute atomic E-state index is 0.458. The van der Waals surface area contributed by atoms with Crippen LogP contribution in [0.3, 0.4) is 0 Å². The second-order valence-corrected chi connectivity index (χ2v) is 6.32. The molecule has 20 heavy (non-hydrogen) atoms. The lowest BCUT2D eigenvalue weighted by Crippen LogP contribution is -2.01. The molecule has 0 spiro atoms. The van der Waals surface area contributed by atoms with Gasteiger partial charge in [-0.3, -0.25) is 0 Å². The summed E-state index contributed by atoms with van der Waals surface area (Å²) in [6, 6.07) is 13.6. The van der Waals surface area contributed by atoms with E-state index in [1.807, 2.05) is 35.7 Å². The summed E-state index contributed by atoms with van der Waals surface area (Å²) in [4.78, 5) is 0. The molecular weight excluding hydrogens is 311 g/mol. The molecule has 0 saturated heterocycles. The summed E-state index contributed by atoms with van der Waals surface area (Å²) in [5.41, 5.74) is 1.81. The molecular formula is C16H12Cl2OS. The summed E-state index contributed by atoms with van der Waals surface area (Å²) in [6.45, 7) is 0. The quantitative estimate of drug-likeness (QED) is 0.676. The van der Waals surface area contributed by atoms with Gasteiger partial charge in [-0.15, -0.1) is 11.3 Å². The summed E-state index contributed by atoms with van der Waals surface area (Å²) in [5.74, 6) is 0. The van der Waals surface area contributed by atoms with Gasteiger partial charge < -0.3 is 5.11 Å². The Balaban J connectivity index is 1.93. The Morgan fingerprint density at radius 1 is 1.05 bits per heavy atom. The average molecular weight is 323 g/mol. The molecule has 0 aliphatic heterocycles. The van der Waals surface area contributed by atoms with Crippen LogP contribution in [0.2, 0.25) is 10.0 Å². The lowest BCUT2D eigenvalue weighted by molar-refractivity contribution is 0.180. The normalized spacial score (nSPS) is 12.8. The van der Waals surface area contributed by atoms with Crippen LogP contribution in [-0.2, 0) is 6.42 Å². The van der Waals surface area contributed by atoms with Crippen LogP contribution >= 0.6 is 34.5 Å².